The van der Waals surface area contributed by atoms with Crippen LogP contribution in [0.5, 0.6) is 0 Å². The molecule has 0 N–H and O–H groups in total. The van der Waals surface area contributed by atoms with Gasteiger partial charge in [0, 0.05) is 0 Å². The Bertz CT molecular complexity index is 99.9. The summed E-state index contributed by atoms with van der Waals surface area (Å²) in [6.07, 6.45) is 2.84. The largest absolute Gasteiger partial charge is 0.302 e. The molecule has 1 nitrogen and oxygen atoms in total. The molecule has 0 saturated carbocycles. The summed E-state index contributed by atoms with van der Waals surface area (Å²) < 4.78 is 0. The topological polar surface area (TPSA) is 17.1 Å². The minimum atomic E-state index is 0.116. The first kappa shape index (κ1) is 5.25. The van der Waals surface area contributed by atoms with E-state index in [2.05, 4.69) is 0 Å². The standard InChI is InChI=1S/C4H4OS2/c5-3-4-1-2-6-7-4/h1-4H. The third-order valence-corrected chi connectivity index (χ3v) is 2.83. The van der Waals surface area contributed by atoms with Crippen molar-refractivity contribution in [1.82, 2.24) is 0 Å². The van der Waals surface area contributed by atoms with E-state index in [4.69, 9.17) is 0 Å². The Labute approximate surface area is 49.9 Å². The highest BCUT2D eigenvalue weighted by molar-refractivity contribution is 8.78. The number of hydrogen-bond acceptors (Lipinski definition) is 3. The van der Waals surface area contributed by atoms with Crippen LogP contribution in [0.25, 0.3) is 0 Å². The van der Waals surface area contributed by atoms with Gasteiger partial charge in [-0.25, -0.2) is 0 Å². The zero-order chi connectivity index (χ0) is 5.11. The summed E-state index contributed by atoms with van der Waals surface area (Å²) in [5, 5.41) is 2.05. The fourth-order valence-corrected chi connectivity index (χ4v) is 2.12. The van der Waals surface area contributed by atoms with Gasteiger partial charge in [-0.15, -0.1) is 0 Å². The molecular weight excluding hydrogens is 128 g/mol. The first-order valence-electron chi connectivity index (χ1n) is 1.87. The second-order valence-electron chi connectivity index (χ2n) is 1.12. The van der Waals surface area contributed by atoms with Crippen molar-refractivity contribution in [1.29, 1.82) is 0 Å². The lowest BCUT2D eigenvalue weighted by Gasteiger charge is -1.87. The molecule has 38 valence electrons. The zero-order valence-corrected chi connectivity index (χ0v) is 5.17. The fourth-order valence-electron chi connectivity index (χ4n) is 0.306. The van der Waals surface area contributed by atoms with Crippen molar-refractivity contribution < 1.29 is 4.79 Å². The van der Waals surface area contributed by atoms with Crippen LogP contribution in [0.2, 0.25) is 0 Å². The predicted octanol–water partition coefficient (Wildman–Crippen LogP) is 1.46. The van der Waals surface area contributed by atoms with E-state index >= 15 is 0 Å². The molecule has 3 heteroatoms. The van der Waals surface area contributed by atoms with E-state index < -0.39 is 0 Å². The average Bonchev–Trinajstić information content (AvgIpc) is 2.14. The van der Waals surface area contributed by atoms with Gasteiger partial charge in [-0.2, -0.15) is 0 Å². The lowest BCUT2D eigenvalue weighted by molar-refractivity contribution is -0.106. The summed E-state index contributed by atoms with van der Waals surface area (Å²) in [4.78, 5) is 9.92. The van der Waals surface area contributed by atoms with E-state index in [1.54, 1.807) is 21.6 Å². The summed E-state index contributed by atoms with van der Waals surface area (Å²) in [7, 11) is 3.19. The van der Waals surface area contributed by atoms with Crippen LogP contribution in [0.4, 0.5) is 0 Å². The SMILES string of the molecule is O=CC1C=CSS1. The maximum absolute atomic E-state index is 9.92. The van der Waals surface area contributed by atoms with Gasteiger partial charge < -0.3 is 4.79 Å². The second-order valence-corrected chi connectivity index (χ2v) is 3.48. The summed E-state index contributed by atoms with van der Waals surface area (Å²) >= 11 is 0. The quantitative estimate of drug-likeness (QED) is 0.397. The van der Waals surface area contributed by atoms with Gasteiger partial charge in [-0.05, 0) is 5.41 Å². The zero-order valence-electron chi connectivity index (χ0n) is 3.53. The molecule has 0 aromatic carbocycles. The Balaban J connectivity index is 2.42. The number of hydrogen-bond donors (Lipinski definition) is 0. The fraction of sp³-hybridized carbons (Fsp3) is 0.250. The van der Waals surface area contributed by atoms with Crippen molar-refractivity contribution >= 4 is 27.9 Å². The molecular formula is C4H4OS2. The number of rotatable bonds is 1. The van der Waals surface area contributed by atoms with Gasteiger partial charge >= 0.3 is 0 Å². The number of carbonyl (C=O) groups is 1. The molecule has 0 spiro atoms. The van der Waals surface area contributed by atoms with Gasteiger partial charge in [0.1, 0.15) is 6.29 Å². The van der Waals surface area contributed by atoms with Gasteiger partial charge in [0.2, 0.25) is 0 Å². The maximum atomic E-state index is 9.92. The van der Waals surface area contributed by atoms with Crippen LogP contribution < -0.4 is 0 Å². The van der Waals surface area contributed by atoms with Gasteiger partial charge in [0.15, 0.2) is 0 Å². The minimum Gasteiger partial charge on any atom is -0.302 e. The Morgan fingerprint density at radius 2 is 2.57 bits per heavy atom. The summed E-state index contributed by atoms with van der Waals surface area (Å²) in [5.41, 5.74) is 0. The Kier molecular flexibility index (Phi) is 1.82. The lowest BCUT2D eigenvalue weighted by Crippen LogP contribution is -1.91. The van der Waals surface area contributed by atoms with Crippen LogP contribution in [-0.2, 0) is 4.79 Å². The molecule has 0 saturated heterocycles. The second kappa shape index (κ2) is 2.43. The smallest absolute Gasteiger partial charge is 0.137 e. The molecule has 0 bridgehead atoms. The van der Waals surface area contributed by atoms with Crippen molar-refractivity contribution in [2.24, 2.45) is 0 Å². The molecule has 0 fully saturated rings. The molecule has 0 radical (unpaired) electrons. The average molecular weight is 132 g/mol. The van der Waals surface area contributed by atoms with E-state index in [-0.39, 0.29) is 5.25 Å². The van der Waals surface area contributed by atoms with E-state index in [1.165, 1.54) is 0 Å². The van der Waals surface area contributed by atoms with Crippen LogP contribution in [0.15, 0.2) is 11.5 Å². The molecule has 0 aromatic heterocycles. The molecule has 0 aromatic rings. The molecule has 1 aliphatic rings. The molecule has 1 rings (SSSR count). The summed E-state index contributed by atoms with van der Waals surface area (Å²) in [5.74, 6) is 0. The summed E-state index contributed by atoms with van der Waals surface area (Å²) in [6.45, 7) is 0. The lowest BCUT2D eigenvalue weighted by atomic mass is 10.5. The molecule has 1 heterocycles. The highest BCUT2D eigenvalue weighted by Crippen LogP contribution is 2.33. The molecule has 1 atom stereocenters. The van der Waals surface area contributed by atoms with Gasteiger partial charge in [-0.1, -0.05) is 27.7 Å². The normalized spacial score (nSPS) is 28.3. The predicted molar refractivity (Wildman–Crippen MR) is 34.2 cm³/mol. The van der Waals surface area contributed by atoms with Crippen LogP contribution in [0.3, 0.4) is 0 Å². The van der Waals surface area contributed by atoms with E-state index in [0.717, 1.165) is 6.29 Å². The number of carbonyl (C=O) groups excluding carboxylic acids is 1. The third-order valence-electron chi connectivity index (χ3n) is 0.625. The van der Waals surface area contributed by atoms with Crippen molar-refractivity contribution in [3.8, 4) is 0 Å². The highest BCUT2D eigenvalue weighted by Gasteiger charge is 2.06. The maximum Gasteiger partial charge on any atom is 0.137 e. The van der Waals surface area contributed by atoms with Crippen LogP contribution in [0.1, 0.15) is 0 Å². The third kappa shape index (κ3) is 1.24. The van der Waals surface area contributed by atoms with Gasteiger partial charge in [0.05, 0.1) is 5.25 Å². The van der Waals surface area contributed by atoms with Gasteiger partial charge in [0.25, 0.3) is 0 Å². The molecule has 0 aliphatic carbocycles. The molecule has 1 unspecified atom stereocenters. The molecule has 7 heavy (non-hydrogen) atoms. The minimum absolute atomic E-state index is 0.116. The Morgan fingerprint density at radius 1 is 1.71 bits per heavy atom. The molecule has 1 aliphatic heterocycles. The van der Waals surface area contributed by atoms with Crippen molar-refractivity contribution in [2.75, 3.05) is 0 Å². The van der Waals surface area contributed by atoms with Crippen LogP contribution in [-0.4, -0.2) is 11.5 Å². The first-order chi connectivity index (χ1) is 3.43. The molecule has 0 amide bonds. The highest BCUT2D eigenvalue weighted by atomic mass is 33.1. The van der Waals surface area contributed by atoms with Crippen molar-refractivity contribution in [3.05, 3.63) is 11.5 Å². The van der Waals surface area contributed by atoms with Crippen molar-refractivity contribution in [2.45, 2.75) is 5.25 Å². The van der Waals surface area contributed by atoms with Crippen LogP contribution >= 0.6 is 21.6 Å². The van der Waals surface area contributed by atoms with Gasteiger partial charge in [-0.3, -0.25) is 0 Å². The van der Waals surface area contributed by atoms with Crippen LogP contribution in [0, 0.1) is 0 Å². The van der Waals surface area contributed by atoms with E-state index in [9.17, 15) is 4.79 Å². The Hall–Kier alpha value is 0.110. The van der Waals surface area contributed by atoms with E-state index in [0.29, 0.717) is 0 Å². The first-order valence-corrected chi connectivity index (χ1v) is 4.15. The van der Waals surface area contributed by atoms with E-state index in [1.807, 2.05) is 11.5 Å². The number of aldehydes is 1. The Morgan fingerprint density at radius 3 is 2.86 bits per heavy atom. The summed E-state index contributed by atoms with van der Waals surface area (Å²) in [6, 6.07) is 0. The van der Waals surface area contributed by atoms with Crippen molar-refractivity contribution in [3.63, 3.8) is 0 Å². The monoisotopic (exact) mass is 132 g/mol.